The predicted octanol–water partition coefficient (Wildman–Crippen LogP) is 4.87. The van der Waals surface area contributed by atoms with Gasteiger partial charge in [0.2, 0.25) is 5.91 Å². The Morgan fingerprint density at radius 2 is 1.76 bits per heavy atom. The molecule has 0 spiro atoms. The van der Waals surface area contributed by atoms with Gasteiger partial charge in [0.15, 0.2) is 0 Å². The average Bonchev–Trinajstić information content (AvgIpc) is 2.42. The molecule has 1 amide bonds. The lowest BCUT2D eigenvalue weighted by Crippen LogP contribution is -2.06. The standard InChI is InChI=1S/C16H16Cl2N2O/c1-10-7-15(18)16(8-14(10)17)19-9-12-3-5-13(6-4-12)20-11(2)21/h3-8,19H,9H2,1-2H3,(H,20,21). The zero-order valence-corrected chi connectivity index (χ0v) is 13.3. The van der Waals surface area contributed by atoms with Crippen LogP contribution in [0.3, 0.4) is 0 Å². The fourth-order valence-corrected chi connectivity index (χ4v) is 2.34. The molecule has 2 aromatic rings. The van der Waals surface area contributed by atoms with Crippen LogP contribution in [0, 0.1) is 6.92 Å². The van der Waals surface area contributed by atoms with Crippen molar-refractivity contribution < 1.29 is 4.79 Å². The molecule has 0 unspecified atom stereocenters. The second kappa shape index (κ2) is 6.83. The lowest BCUT2D eigenvalue weighted by molar-refractivity contribution is -0.114. The van der Waals surface area contributed by atoms with E-state index in [0.717, 1.165) is 22.5 Å². The van der Waals surface area contributed by atoms with Gasteiger partial charge < -0.3 is 10.6 Å². The van der Waals surface area contributed by atoms with E-state index in [1.807, 2.05) is 43.3 Å². The van der Waals surface area contributed by atoms with E-state index in [-0.39, 0.29) is 5.91 Å². The summed E-state index contributed by atoms with van der Waals surface area (Å²) < 4.78 is 0. The molecule has 110 valence electrons. The van der Waals surface area contributed by atoms with Gasteiger partial charge in [-0.05, 0) is 42.3 Å². The molecule has 2 aromatic carbocycles. The molecule has 0 aliphatic carbocycles. The second-order valence-corrected chi connectivity index (χ2v) is 5.63. The van der Waals surface area contributed by atoms with Crippen LogP contribution in [-0.4, -0.2) is 5.91 Å². The van der Waals surface area contributed by atoms with Crippen LogP contribution in [0.4, 0.5) is 11.4 Å². The van der Waals surface area contributed by atoms with Crippen LogP contribution >= 0.6 is 23.2 Å². The molecule has 5 heteroatoms. The van der Waals surface area contributed by atoms with Crippen molar-refractivity contribution in [1.82, 2.24) is 0 Å². The zero-order valence-electron chi connectivity index (χ0n) is 11.8. The van der Waals surface area contributed by atoms with Gasteiger partial charge in [-0.15, -0.1) is 0 Å². The first-order valence-electron chi connectivity index (χ1n) is 6.52. The van der Waals surface area contributed by atoms with Crippen LogP contribution in [0.15, 0.2) is 36.4 Å². The topological polar surface area (TPSA) is 41.1 Å². The summed E-state index contributed by atoms with van der Waals surface area (Å²) in [5, 5.41) is 7.31. The van der Waals surface area contributed by atoms with Gasteiger partial charge in [-0.25, -0.2) is 0 Å². The average molecular weight is 323 g/mol. The summed E-state index contributed by atoms with van der Waals surface area (Å²) in [5.74, 6) is -0.0815. The van der Waals surface area contributed by atoms with E-state index in [9.17, 15) is 4.79 Å². The molecule has 0 aliphatic heterocycles. The first-order chi connectivity index (χ1) is 9.95. The third kappa shape index (κ3) is 4.38. The Kier molecular flexibility index (Phi) is 5.10. The number of anilines is 2. The molecule has 0 atom stereocenters. The van der Waals surface area contributed by atoms with Gasteiger partial charge in [0.1, 0.15) is 0 Å². The number of rotatable bonds is 4. The number of hydrogen-bond acceptors (Lipinski definition) is 2. The third-order valence-corrected chi connectivity index (χ3v) is 3.73. The number of aryl methyl sites for hydroxylation is 1. The van der Waals surface area contributed by atoms with Gasteiger partial charge in [0.05, 0.1) is 10.7 Å². The zero-order chi connectivity index (χ0) is 15.4. The molecule has 21 heavy (non-hydrogen) atoms. The normalized spacial score (nSPS) is 10.3. The van der Waals surface area contributed by atoms with Gasteiger partial charge in [0.25, 0.3) is 0 Å². The number of carbonyl (C=O) groups is 1. The van der Waals surface area contributed by atoms with Crippen molar-refractivity contribution in [2.45, 2.75) is 20.4 Å². The lowest BCUT2D eigenvalue weighted by atomic mass is 10.2. The molecule has 0 heterocycles. The van der Waals surface area contributed by atoms with Crippen molar-refractivity contribution in [2.75, 3.05) is 10.6 Å². The van der Waals surface area contributed by atoms with Gasteiger partial charge >= 0.3 is 0 Å². The summed E-state index contributed by atoms with van der Waals surface area (Å²) in [6.45, 7) is 4.02. The highest BCUT2D eigenvalue weighted by Gasteiger charge is 2.04. The Morgan fingerprint density at radius 3 is 2.38 bits per heavy atom. The van der Waals surface area contributed by atoms with E-state index in [1.54, 1.807) is 0 Å². The highest BCUT2D eigenvalue weighted by Crippen LogP contribution is 2.29. The van der Waals surface area contributed by atoms with Crippen LogP contribution in [-0.2, 0) is 11.3 Å². The molecule has 2 N–H and O–H groups in total. The van der Waals surface area contributed by atoms with E-state index in [0.29, 0.717) is 16.6 Å². The van der Waals surface area contributed by atoms with Crippen molar-refractivity contribution in [3.8, 4) is 0 Å². The maximum absolute atomic E-state index is 11.0. The predicted molar refractivity (Wildman–Crippen MR) is 89.3 cm³/mol. The Balaban J connectivity index is 2.03. The molecule has 0 aromatic heterocycles. The second-order valence-electron chi connectivity index (χ2n) is 4.81. The molecule has 2 rings (SSSR count). The molecule has 0 bridgehead atoms. The van der Waals surface area contributed by atoms with Crippen molar-refractivity contribution in [3.63, 3.8) is 0 Å². The van der Waals surface area contributed by atoms with Crippen molar-refractivity contribution in [3.05, 3.63) is 57.6 Å². The molecule has 0 saturated carbocycles. The summed E-state index contributed by atoms with van der Waals surface area (Å²) in [4.78, 5) is 11.0. The lowest BCUT2D eigenvalue weighted by Gasteiger charge is -2.11. The number of carbonyl (C=O) groups excluding carboxylic acids is 1. The largest absolute Gasteiger partial charge is 0.380 e. The van der Waals surface area contributed by atoms with Crippen LogP contribution in [0.5, 0.6) is 0 Å². The maximum Gasteiger partial charge on any atom is 0.221 e. The number of nitrogens with one attached hydrogen (secondary N) is 2. The van der Waals surface area contributed by atoms with Crippen LogP contribution < -0.4 is 10.6 Å². The van der Waals surface area contributed by atoms with Gasteiger partial charge in [-0.2, -0.15) is 0 Å². The number of amides is 1. The maximum atomic E-state index is 11.0. The summed E-state index contributed by atoms with van der Waals surface area (Å²) in [6, 6.07) is 11.3. The van der Waals surface area contributed by atoms with Gasteiger partial charge in [0, 0.05) is 24.2 Å². The first kappa shape index (κ1) is 15.7. The Morgan fingerprint density at radius 1 is 1.10 bits per heavy atom. The smallest absolute Gasteiger partial charge is 0.221 e. The SMILES string of the molecule is CC(=O)Nc1ccc(CNc2cc(Cl)c(C)cc2Cl)cc1. The number of benzene rings is 2. The number of hydrogen-bond donors (Lipinski definition) is 2. The minimum absolute atomic E-state index is 0.0815. The Labute approximate surface area is 134 Å². The van der Waals surface area contributed by atoms with E-state index in [4.69, 9.17) is 23.2 Å². The van der Waals surface area contributed by atoms with E-state index in [2.05, 4.69) is 10.6 Å². The van der Waals surface area contributed by atoms with Crippen molar-refractivity contribution >= 4 is 40.5 Å². The quantitative estimate of drug-likeness (QED) is 0.842. The third-order valence-electron chi connectivity index (χ3n) is 3.01. The monoisotopic (exact) mass is 322 g/mol. The van der Waals surface area contributed by atoms with Gasteiger partial charge in [-0.3, -0.25) is 4.79 Å². The summed E-state index contributed by atoms with van der Waals surface area (Å²) in [5.41, 5.74) is 3.62. The minimum Gasteiger partial charge on any atom is -0.380 e. The molecule has 3 nitrogen and oxygen atoms in total. The van der Waals surface area contributed by atoms with E-state index < -0.39 is 0 Å². The fraction of sp³-hybridized carbons (Fsp3) is 0.188. The van der Waals surface area contributed by atoms with Crippen molar-refractivity contribution in [2.24, 2.45) is 0 Å². The Bertz CT molecular complexity index is 654. The molecular weight excluding hydrogens is 307 g/mol. The number of halogens is 2. The molecule has 0 aliphatic rings. The van der Waals surface area contributed by atoms with Crippen molar-refractivity contribution in [1.29, 1.82) is 0 Å². The first-order valence-corrected chi connectivity index (χ1v) is 7.27. The van der Waals surface area contributed by atoms with Crippen LogP contribution in [0.25, 0.3) is 0 Å². The van der Waals surface area contributed by atoms with E-state index in [1.165, 1.54) is 6.92 Å². The van der Waals surface area contributed by atoms with E-state index >= 15 is 0 Å². The molecular formula is C16H16Cl2N2O. The fourth-order valence-electron chi connectivity index (χ4n) is 1.89. The minimum atomic E-state index is -0.0815. The highest BCUT2D eigenvalue weighted by atomic mass is 35.5. The molecule has 0 fully saturated rings. The van der Waals surface area contributed by atoms with Crippen LogP contribution in [0.2, 0.25) is 10.0 Å². The summed E-state index contributed by atoms with van der Waals surface area (Å²) >= 11 is 12.3. The highest BCUT2D eigenvalue weighted by molar-refractivity contribution is 6.35. The molecule has 0 radical (unpaired) electrons. The Hall–Kier alpha value is -1.71. The summed E-state index contributed by atoms with van der Waals surface area (Å²) in [7, 11) is 0. The summed E-state index contributed by atoms with van der Waals surface area (Å²) in [6.07, 6.45) is 0. The molecule has 0 saturated heterocycles. The van der Waals surface area contributed by atoms with Crippen LogP contribution in [0.1, 0.15) is 18.1 Å². The van der Waals surface area contributed by atoms with Gasteiger partial charge in [-0.1, -0.05) is 35.3 Å².